The van der Waals surface area contributed by atoms with Crippen molar-refractivity contribution in [3.8, 4) is 11.1 Å². The van der Waals surface area contributed by atoms with Gasteiger partial charge in [0.2, 0.25) is 0 Å². The largest absolute Gasteiger partial charge is 0.444 e. The van der Waals surface area contributed by atoms with Gasteiger partial charge in [-0.3, -0.25) is 10.3 Å². The Balaban J connectivity index is 2.26. The van der Waals surface area contributed by atoms with Gasteiger partial charge in [0.05, 0.1) is 0 Å². The highest BCUT2D eigenvalue weighted by atomic mass is 16.6. The number of pyridine rings is 1. The van der Waals surface area contributed by atoms with Gasteiger partial charge in [-0.2, -0.15) is 0 Å². The van der Waals surface area contributed by atoms with Gasteiger partial charge < -0.3 is 4.74 Å². The molecule has 0 aliphatic rings. The molecule has 2 aromatic rings. The second-order valence-electron chi connectivity index (χ2n) is 6.40. The van der Waals surface area contributed by atoms with Crippen molar-refractivity contribution in [3.05, 3.63) is 47.8 Å². The van der Waals surface area contributed by atoms with Gasteiger partial charge in [-0.05, 0) is 75.6 Å². The zero-order chi connectivity index (χ0) is 16.3. The molecule has 0 atom stereocenters. The van der Waals surface area contributed by atoms with Crippen LogP contribution >= 0.6 is 0 Å². The molecule has 1 N–H and O–H groups in total. The lowest BCUT2D eigenvalue weighted by atomic mass is 10.0. The predicted octanol–water partition coefficient (Wildman–Crippen LogP) is 4.71. The van der Waals surface area contributed by atoms with Crippen molar-refractivity contribution >= 4 is 11.8 Å². The number of hydrogen-bond acceptors (Lipinski definition) is 3. The molecule has 4 nitrogen and oxygen atoms in total. The number of hydrogen-bond donors (Lipinski definition) is 1. The lowest BCUT2D eigenvalue weighted by molar-refractivity contribution is 0.0636. The number of ether oxygens (including phenoxy) is 1. The van der Waals surface area contributed by atoms with Crippen LogP contribution in [0.5, 0.6) is 0 Å². The summed E-state index contributed by atoms with van der Waals surface area (Å²) in [6, 6.07) is 9.91. The minimum Gasteiger partial charge on any atom is -0.444 e. The van der Waals surface area contributed by atoms with E-state index in [1.165, 1.54) is 0 Å². The summed E-state index contributed by atoms with van der Waals surface area (Å²) in [4.78, 5) is 16.1. The van der Waals surface area contributed by atoms with E-state index in [1.54, 1.807) is 6.20 Å². The summed E-state index contributed by atoms with van der Waals surface area (Å²) in [7, 11) is 0. The lowest BCUT2D eigenvalue weighted by Gasteiger charge is -2.20. The maximum Gasteiger partial charge on any atom is 0.412 e. The fourth-order valence-electron chi connectivity index (χ4n) is 2.17. The summed E-state index contributed by atoms with van der Waals surface area (Å²) in [6.45, 7) is 9.48. The van der Waals surface area contributed by atoms with Crippen LogP contribution < -0.4 is 5.32 Å². The van der Waals surface area contributed by atoms with Crippen LogP contribution in [-0.4, -0.2) is 16.7 Å². The number of benzene rings is 1. The van der Waals surface area contributed by atoms with Crippen molar-refractivity contribution in [1.29, 1.82) is 0 Å². The van der Waals surface area contributed by atoms with E-state index < -0.39 is 11.7 Å². The van der Waals surface area contributed by atoms with E-state index in [-0.39, 0.29) is 0 Å². The molecule has 0 unspecified atom stereocenters. The topological polar surface area (TPSA) is 51.2 Å². The predicted molar refractivity (Wildman–Crippen MR) is 89.0 cm³/mol. The highest BCUT2D eigenvalue weighted by Gasteiger charge is 2.16. The van der Waals surface area contributed by atoms with Crippen LogP contribution in [0.2, 0.25) is 0 Å². The molecule has 4 heteroatoms. The van der Waals surface area contributed by atoms with Gasteiger partial charge in [0.15, 0.2) is 0 Å². The first-order valence-electron chi connectivity index (χ1n) is 7.28. The molecular weight excluding hydrogens is 276 g/mol. The summed E-state index contributed by atoms with van der Waals surface area (Å²) >= 11 is 0. The van der Waals surface area contributed by atoms with Gasteiger partial charge in [-0.1, -0.05) is 6.07 Å². The molecular formula is C18H22N2O2. The van der Waals surface area contributed by atoms with Gasteiger partial charge in [-0.25, -0.2) is 4.79 Å². The second kappa shape index (κ2) is 6.18. The van der Waals surface area contributed by atoms with Crippen molar-refractivity contribution in [2.75, 3.05) is 5.32 Å². The lowest BCUT2D eigenvalue weighted by Crippen LogP contribution is -2.27. The number of aryl methyl sites for hydroxylation is 2. The van der Waals surface area contributed by atoms with E-state index in [0.29, 0.717) is 0 Å². The Hall–Kier alpha value is -2.36. The first-order chi connectivity index (χ1) is 10.2. The van der Waals surface area contributed by atoms with Crippen molar-refractivity contribution < 1.29 is 9.53 Å². The van der Waals surface area contributed by atoms with E-state index in [4.69, 9.17) is 4.74 Å². The summed E-state index contributed by atoms with van der Waals surface area (Å²) < 4.78 is 5.29. The molecule has 0 saturated heterocycles. The molecule has 0 radical (unpaired) electrons. The number of anilines is 1. The number of carbonyl (C=O) groups is 1. The van der Waals surface area contributed by atoms with Crippen LogP contribution in [0.3, 0.4) is 0 Å². The fraction of sp³-hybridized carbons (Fsp3) is 0.333. The third kappa shape index (κ3) is 4.58. The third-order valence-corrected chi connectivity index (χ3v) is 2.95. The fourth-order valence-corrected chi connectivity index (χ4v) is 2.17. The Bertz CT molecular complexity index is 688. The summed E-state index contributed by atoms with van der Waals surface area (Å²) in [5.41, 5.74) is 4.34. The number of nitrogens with one attached hydrogen (secondary N) is 1. The Morgan fingerprint density at radius 3 is 2.45 bits per heavy atom. The molecule has 0 fully saturated rings. The molecule has 1 amide bonds. The molecule has 0 aliphatic carbocycles. The summed E-state index contributed by atoms with van der Waals surface area (Å²) in [5.74, 6) is 0. The van der Waals surface area contributed by atoms with E-state index in [2.05, 4.69) is 16.4 Å². The van der Waals surface area contributed by atoms with E-state index in [0.717, 1.165) is 28.1 Å². The number of carbonyl (C=O) groups excluding carboxylic acids is 1. The highest BCUT2D eigenvalue weighted by molar-refractivity contribution is 5.86. The Labute approximate surface area is 131 Å². The van der Waals surface area contributed by atoms with Gasteiger partial charge in [0, 0.05) is 17.6 Å². The molecule has 1 aromatic heterocycles. The first kappa shape index (κ1) is 16.0. The maximum absolute atomic E-state index is 11.9. The number of rotatable bonds is 2. The van der Waals surface area contributed by atoms with Crippen LogP contribution in [-0.2, 0) is 4.74 Å². The van der Waals surface area contributed by atoms with E-state index >= 15 is 0 Å². The highest BCUT2D eigenvalue weighted by Crippen LogP contribution is 2.25. The summed E-state index contributed by atoms with van der Waals surface area (Å²) in [6.07, 6.45) is 1.34. The SMILES string of the molecule is Cc1cc(NC(=O)OC(C)(C)C)cc(-c2ccnc(C)c2)c1. The van der Waals surface area contributed by atoms with Crippen molar-refractivity contribution in [2.45, 2.75) is 40.2 Å². The molecule has 0 bridgehead atoms. The van der Waals surface area contributed by atoms with Crippen LogP contribution in [0.15, 0.2) is 36.5 Å². The average molecular weight is 298 g/mol. The standard InChI is InChI=1S/C18H22N2O2/c1-12-8-15(14-6-7-19-13(2)10-14)11-16(9-12)20-17(21)22-18(3,4)5/h6-11H,1-5H3,(H,20,21). The first-order valence-corrected chi connectivity index (χ1v) is 7.28. The molecule has 0 aliphatic heterocycles. The second-order valence-corrected chi connectivity index (χ2v) is 6.40. The number of nitrogens with zero attached hydrogens (tertiary/aromatic N) is 1. The maximum atomic E-state index is 11.9. The zero-order valence-corrected chi connectivity index (χ0v) is 13.7. The zero-order valence-electron chi connectivity index (χ0n) is 13.7. The Morgan fingerprint density at radius 1 is 1.09 bits per heavy atom. The molecule has 2 rings (SSSR count). The normalized spacial score (nSPS) is 11.1. The van der Waals surface area contributed by atoms with Crippen LogP contribution in [0.1, 0.15) is 32.0 Å². The third-order valence-electron chi connectivity index (χ3n) is 2.95. The van der Waals surface area contributed by atoms with E-state index in [1.807, 2.05) is 58.9 Å². The van der Waals surface area contributed by atoms with Gasteiger partial charge in [0.1, 0.15) is 5.60 Å². The van der Waals surface area contributed by atoms with Gasteiger partial charge in [0.25, 0.3) is 0 Å². The van der Waals surface area contributed by atoms with Crippen molar-refractivity contribution in [3.63, 3.8) is 0 Å². The molecule has 1 aromatic carbocycles. The van der Waals surface area contributed by atoms with Crippen molar-refractivity contribution in [1.82, 2.24) is 4.98 Å². The quantitative estimate of drug-likeness (QED) is 0.873. The number of amides is 1. The average Bonchev–Trinajstić information content (AvgIpc) is 2.35. The van der Waals surface area contributed by atoms with E-state index in [9.17, 15) is 4.79 Å². The van der Waals surface area contributed by atoms with Gasteiger partial charge in [-0.15, -0.1) is 0 Å². The van der Waals surface area contributed by atoms with Crippen LogP contribution in [0, 0.1) is 13.8 Å². The van der Waals surface area contributed by atoms with Crippen LogP contribution in [0.25, 0.3) is 11.1 Å². The van der Waals surface area contributed by atoms with Crippen LogP contribution in [0.4, 0.5) is 10.5 Å². The molecule has 0 saturated carbocycles. The summed E-state index contributed by atoms with van der Waals surface area (Å²) in [5, 5.41) is 2.79. The molecule has 1 heterocycles. The van der Waals surface area contributed by atoms with Gasteiger partial charge >= 0.3 is 6.09 Å². The Kier molecular flexibility index (Phi) is 4.50. The smallest absolute Gasteiger partial charge is 0.412 e. The number of aromatic nitrogens is 1. The minimum atomic E-state index is -0.515. The minimum absolute atomic E-state index is 0.449. The molecule has 22 heavy (non-hydrogen) atoms. The molecule has 116 valence electrons. The van der Waals surface area contributed by atoms with Crippen molar-refractivity contribution in [2.24, 2.45) is 0 Å². The monoisotopic (exact) mass is 298 g/mol. The Morgan fingerprint density at radius 2 is 1.82 bits per heavy atom. The molecule has 0 spiro atoms.